The molecule has 6 nitrogen and oxygen atoms in total. The predicted molar refractivity (Wildman–Crippen MR) is 95.0 cm³/mol. The second kappa shape index (κ2) is 12.1. The van der Waals surface area contributed by atoms with Gasteiger partial charge in [0.1, 0.15) is 0 Å². The molecule has 0 bridgehead atoms. The standard InChI is InChI=1S/C19H27NO5/c1-15(8-7-11-18(21)23-2)17(20-19(22)24-3)12-13-25-14-16-9-5-4-6-10-16/h4-10,15,17H,11-14H2,1-3H3,(H,20,22)/b8-7+/t15-,17-/m1/s1. The SMILES string of the molecule is COC(=O)C/C=C/[C@@H](C)[C@@H](CCOCc1ccccc1)NC(=O)OC. The van der Waals surface area contributed by atoms with Crippen molar-refractivity contribution in [3.05, 3.63) is 48.0 Å². The molecule has 0 spiro atoms. The number of carbonyl (C=O) groups is 2. The summed E-state index contributed by atoms with van der Waals surface area (Å²) < 4.78 is 15.0. The van der Waals surface area contributed by atoms with Gasteiger partial charge in [0, 0.05) is 12.6 Å². The fourth-order valence-corrected chi connectivity index (χ4v) is 2.25. The number of nitrogens with one attached hydrogen (secondary N) is 1. The molecule has 0 radical (unpaired) electrons. The average Bonchev–Trinajstić information content (AvgIpc) is 2.64. The van der Waals surface area contributed by atoms with Crippen LogP contribution >= 0.6 is 0 Å². The molecule has 0 saturated heterocycles. The van der Waals surface area contributed by atoms with Crippen molar-refractivity contribution in [2.75, 3.05) is 20.8 Å². The van der Waals surface area contributed by atoms with Crippen LogP contribution in [-0.4, -0.2) is 38.9 Å². The molecule has 138 valence electrons. The van der Waals surface area contributed by atoms with Crippen molar-refractivity contribution in [2.45, 2.75) is 32.4 Å². The summed E-state index contributed by atoms with van der Waals surface area (Å²) in [7, 11) is 2.68. The molecule has 0 aromatic heterocycles. The van der Waals surface area contributed by atoms with E-state index < -0.39 is 6.09 Å². The highest BCUT2D eigenvalue weighted by Gasteiger charge is 2.18. The first kappa shape index (κ1) is 20.7. The van der Waals surface area contributed by atoms with Gasteiger partial charge in [0.25, 0.3) is 0 Å². The van der Waals surface area contributed by atoms with Gasteiger partial charge in [-0.1, -0.05) is 49.4 Å². The Bertz CT molecular complexity index is 544. The van der Waals surface area contributed by atoms with Crippen molar-refractivity contribution in [1.29, 1.82) is 0 Å². The number of hydrogen-bond donors (Lipinski definition) is 1. The Balaban J connectivity index is 2.48. The molecular weight excluding hydrogens is 322 g/mol. The first-order valence-electron chi connectivity index (χ1n) is 8.26. The Morgan fingerprint density at radius 3 is 2.52 bits per heavy atom. The summed E-state index contributed by atoms with van der Waals surface area (Å²) in [4.78, 5) is 22.7. The summed E-state index contributed by atoms with van der Waals surface area (Å²) in [5, 5.41) is 2.81. The monoisotopic (exact) mass is 349 g/mol. The zero-order valence-corrected chi connectivity index (χ0v) is 15.1. The number of methoxy groups -OCH3 is 2. The largest absolute Gasteiger partial charge is 0.469 e. The quantitative estimate of drug-likeness (QED) is 0.399. The van der Waals surface area contributed by atoms with Crippen LogP contribution < -0.4 is 5.32 Å². The summed E-state index contributed by atoms with van der Waals surface area (Å²) in [6.45, 7) is 2.99. The Morgan fingerprint density at radius 1 is 1.16 bits per heavy atom. The Hall–Kier alpha value is -2.34. The number of ether oxygens (including phenoxy) is 3. The highest BCUT2D eigenvalue weighted by molar-refractivity contribution is 5.70. The van der Waals surface area contributed by atoms with Crippen LogP contribution in [0.3, 0.4) is 0 Å². The molecule has 1 N–H and O–H groups in total. The van der Waals surface area contributed by atoms with Crippen LogP contribution in [0.2, 0.25) is 0 Å². The topological polar surface area (TPSA) is 73.9 Å². The van der Waals surface area contributed by atoms with Crippen LogP contribution in [0.1, 0.15) is 25.3 Å². The first-order valence-corrected chi connectivity index (χ1v) is 8.26. The fourth-order valence-electron chi connectivity index (χ4n) is 2.25. The summed E-state index contributed by atoms with van der Waals surface area (Å²) in [5.74, 6) is -0.281. The summed E-state index contributed by atoms with van der Waals surface area (Å²) in [5.41, 5.74) is 1.10. The summed E-state index contributed by atoms with van der Waals surface area (Å²) in [6, 6.07) is 9.74. The van der Waals surface area contributed by atoms with E-state index in [1.54, 1.807) is 6.08 Å². The van der Waals surface area contributed by atoms with E-state index in [1.165, 1.54) is 14.2 Å². The van der Waals surface area contributed by atoms with E-state index in [9.17, 15) is 9.59 Å². The third kappa shape index (κ3) is 8.91. The van der Waals surface area contributed by atoms with E-state index in [0.29, 0.717) is 19.6 Å². The van der Waals surface area contributed by atoms with Gasteiger partial charge in [-0.2, -0.15) is 0 Å². The van der Waals surface area contributed by atoms with Gasteiger partial charge in [0.05, 0.1) is 27.2 Å². The van der Waals surface area contributed by atoms with E-state index in [1.807, 2.05) is 43.3 Å². The molecule has 1 aromatic rings. The lowest BCUT2D eigenvalue weighted by atomic mass is 9.98. The minimum Gasteiger partial charge on any atom is -0.469 e. The van der Waals surface area contributed by atoms with Crippen molar-refractivity contribution >= 4 is 12.1 Å². The van der Waals surface area contributed by atoms with E-state index in [2.05, 4.69) is 14.8 Å². The fraction of sp³-hybridized carbons (Fsp3) is 0.474. The van der Waals surface area contributed by atoms with Gasteiger partial charge >= 0.3 is 12.1 Å². The van der Waals surface area contributed by atoms with E-state index in [-0.39, 0.29) is 24.3 Å². The maximum atomic E-state index is 11.5. The molecule has 0 fully saturated rings. The van der Waals surface area contributed by atoms with Crippen molar-refractivity contribution in [1.82, 2.24) is 5.32 Å². The number of amides is 1. The molecular formula is C19H27NO5. The highest BCUT2D eigenvalue weighted by atomic mass is 16.5. The van der Waals surface area contributed by atoms with E-state index in [4.69, 9.17) is 4.74 Å². The maximum Gasteiger partial charge on any atom is 0.407 e. The molecule has 0 saturated carbocycles. The first-order chi connectivity index (χ1) is 12.1. The lowest BCUT2D eigenvalue weighted by molar-refractivity contribution is -0.139. The number of benzene rings is 1. The Labute approximate surface area is 149 Å². The molecule has 0 aliphatic carbocycles. The zero-order chi connectivity index (χ0) is 18.5. The molecule has 0 aliphatic heterocycles. The normalized spacial score (nSPS) is 13.2. The van der Waals surface area contributed by atoms with Gasteiger partial charge in [-0.05, 0) is 17.9 Å². The number of alkyl carbamates (subject to hydrolysis) is 1. The molecule has 1 rings (SSSR count). The molecule has 0 aliphatic rings. The Kier molecular flexibility index (Phi) is 10.0. The van der Waals surface area contributed by atoms with Gasteiger partial charge in [-0.25, -0.2) is 4.79 Å². The average molecular weight is 349 g/mol. The van der Waals surface area contributed by atoms with Crippen LogP contribution in [0.5, 0.6) is 0 Å². The van der Waals surface area contributed by atoms with Crippen LogP contribution in [0.15, 0.2) is 42.5 Å². The van der Waals surface area contributed by atoms with Crippen LogP contribution in [0, 0.1) is 5.92 Å². The van der Waals surface area contributed by atoms with E-state index >= 15 is 0 Å². The minimum absolute atomic E-state index is 0.0177. The molecule has 0 unspecified atom stereocenters. The molecule has 2 atom stereocenters. The summed E-state index contributed by atoms with van der Waals surface area (Å²) >= 11 is 0. The molecule has 6 heteroatoms. The van der Waals surface area contributed by atoms with Gasteiger partial charge < -0.3 is 19.5 Å². The van der Waals surface area contributed by atoms with Crippen molar-refractivity contribution in [3.8, 4) is 0 Å². The number of hydrogen-bond acceptors (Lipinski definition) is 5. The lowest BCUT2D eigenvalue weighted by Gasteiger charge is -2.22. The van der Waals surface area contributed by atoms with E-state index in [0.717, 1.165) is 5.56 Å². The zero-order valence-electron chi connectivity index (χ0n) is 15.1. The number of rotatable bonds is 10. The second-order valence-electron chi connectivity index (χ2n) is 5.64. The van der Waals surface area contributed by atoms with Crippen molar-refractivity contribution in [3.63, 3.8) is 0 Å². The lowest BCUT2D eigenvalue weighted by Crippen LogP contribution is -2.39. The van der Waals surface area contributed by atoms with Gasteiger partial charge in [0.15, 0.2) is 0 Å². The second-order valence-corrected chi connectivity index (χ2v) is 5.64. The molecule has 1 aromatic carbocycles. The Morgan fingerprint density at radius 2 is 1.88 bits per heavy atom. The smallest absolute Gasteiger partial charge is 0.407 e. The van der Waals surface area contributed by atoms with Crippen LogP contribution in [0.25, 0.3) is 0 Å². The van der Waals surface area contributed by atoms with Crippen LogP contribution in [-0.2, 0) is 25.6 Å². The van der Waals surface area contributed by atoms with Crippen molar-refractivity contribution < 1.29 is 23.8 Å². The predicted octanol–water partition coefficient (Wildman–Crippen LogP) is 3.07. The van der Waals surface area contributed by atoms with Gasteiger partial charge in [-0.15, -0.1) is 0 Å². The number of carbonyl (C=O) groups excluding carboxylic acids is 2. The van der Waals surface area contributed by atoms with Gasteiger partial charge in [-0.3, -0.25) is 4.79 Å². The van der Waals surface area contributed by atoms with Crippen molar-refractivity contribution in [2.24, 2.45) is 5.92 Å². The highest BCUT2D eigenvalue weighted by Crippen LogP contribution is 2.11. The number of esters is 1. The third-order valence-electron chi connectivity index (χ3n) is 3.76. The maximum absolute atomic E-state index is 11.5. The minimum atomic E-state index is -0.485. The van der Waals surface area contributed by atoms with Crippen LogP contribution in [0.4, 0.5) is 4.79 Å². The van der Waals surface area contributed by atoms with Gasteiger partial charge in [0.2, 0.25) is 0 Å². The molecule has 25 heavy (non-hydrogen) atoms. The summed E-state index contributed by atoms with van der Waals surface area (Å²) in [6.07, 6.45) is 3.98. The molecule has 1 amide bonds. The third-order valence-corrected chi connectivity index (χ3v) is 3.76. The molecule has 0 heterocycles.